The summed E-state index contributed by atoms with van der Waals surface area (Å²) in [5, 5.41) is 10.6. The predicted octanol–water partition coefficient (Wildman–Crippen LogP) is 2.83. The molecule has 0 saturated heterocycles. The zero-order valence-corrected chi connectivity index (χ0v) is 10.9. The molecule has 0 bridgehead atoms. The lowest BCUT2D eigenvalue weighted by molar-refractivity contribution is 0.785. The smallest absolute Gasteiger partial charge is 0.121 e. The van der Waals surface area contributed by atoms with Crippen molar-refractivity contribution >= 4 is 74.2 Å². The summed E-state index contributed by atoms with van der Waals surface area (Å²) in [6.07, 6.45) is 0. The fourth-order valence-corrected chi connectivity index (χ4v) is 1.08. The van der Waals surface area contributed by atoms with Crippen molar-refractivity contribution in [3.63, 3.8) is 0 Å². The molecule has 1 aromatic rings. The molecular formula is C3BrCl5N4. The topological polar surface area (TPSA) is 43.6 Å². The summed E-state index contributed by atoms with van der Waals surface area (Å²) in [6.45, 7) is 0. The Hall–Kier alpha value is 1.00. The lowest BCUT2D eigenvalue weighted by Gasteiger charge is -2.23. The van der Waals surface area contributed by atoms with E-state index < -0.39 is 8.13 Å². The molecule has 0 aliphatic rings. The van der Waals surface area contributed by atoms with Crippen LogP contribution >= 0.6 is 74.2 Å². The van der Waals surface area contributed by atoms with Gasteiger partial charge in [-0.15, -0.1) is 10.2 Å². The molecule has 0 unspecified atom stereocenters. The summed E-state index contributed by atoms with van der Waals surface area (Å²) < 4.78 is -2.81. The van der Waals surface area contributed by atoms with Crippen LogP contribution in [0.25, 0.3) is 0 Å². The second kappa shape index (κ2) is 3.87. The van der Waals surface area contributed by atoms with Crippen molar-refractivity contribution in [3.8, 4) is 0 Å². The van der Waals surface area contributed by atoms with Gasteiger partial charge in [0.15, 0.2) is 0 Å². The van der Waals surface area contributed by atoms with Crippen molar-refractivity contribution < 1.29 is 0 Å². The highest BCUT2D eigenvalue weighted by Crippen LogP contribution is 2.51. The van der Waals surface area contributed by atoms with Gasteiger partial charge in [0, 0.05) is 0 Å². The van der Waals surface area contributed by atoms with E-state index in [1.54, 1.807) is 0 Å². The Bertz CT molecular complexity index is 305. The zero-order valence-electron chi connectivity index (χ0n) is 5.56. The van der Waals surface area contributed by atoms with E-state index in [2.05, 4.69) is 31.6 Å². The fourth-order valence-electron chi connectivity index (χ4n) is 0.450. The summed E-state index contributed by atoms with van der Waals surface area (Å²) in [5.41, 5.74) is 0. The molecule has 0 aliphatic heterocycles. The van der Waals surface area contributed by atoms with Crippen molar-refractivity contribution in [2.75, 3.05) is 0 Å². The van der Waals surface area contributed by atoms with Gasteiger partial charge in [0.1, 0.15) is 16.1 Å². The van der Waals surface area contributed by atoms with Crippen molar-refractivity contribution in [3.05, 3.63) is 5.82 Å². The first-order chi connectivity index (χ1) is 5.75. The maximum Gasteiger partial charge on any atom is 0.230 e. The highest BCUT2D eigenvalue weighted by Gasteiger charge is 2.51. The highest BCUT2D eigenvalue weighted by molar-refractivity contribution is 9.08. The summed E-state index contributed by atoms with van der Waals surface area (Å²) in [6, 6.07) is 0. The third kappa shape index (κ3) is 2.52. The van der Waals surface area contributed by atoms with E-state index in [1.807, 2.05) is 0 Å². The molecule has 10 heteroatoms. The van der Waals surface area contributed by atoms with Crippen LogP contribution in [0, 0.1) is 0 Å². The Balaban J connectivity index is 3.07. The maximum absolute atomic E-state index is 5.72. The summed E-state index contributed by atoms with van der Waals surface area (Å²) in [4.78, 5) is 0. The molecule has 4 nitrogen and oxygen atoms in total. The Morgan fingerprint density at radius 3 is 2.00 bits per heavy atom. The monoisotopic (exact) mass is 346 g/mol. The molecule has 0 amide bonds. The number of aromatic nitrogens is 4. The highest BCUT2D eigenvalue weighted by atomic mass is 79.9. The van der Waals surface area contributed by atoms with E-state index in [9.17, 15) is 0 Å². The summed E-state index contributed by atoms with van der Waals surface area (Å²) in [5.74, 6) is -0.104. The van der Waals surface area contributed by atoms with Crippen LogP contribution in [-0.4, -0.2) is 23.0 Å². The van der Waals surface area contributed by atoms with Crippen LogP contribution in [-0.2, 0) is 4.33 Å². The van der Waals surface area contributed by atoms with Gasteiger partial charge in [0.2, 0.25) is 14.0 Å². The van der Waals surface area contributed by atoms with Crippen LogP contribution in [0.4, 0.5) is 0 Å². The van der Waals surface area contributed by atoms with Crippen molar-refractivity contribution in [1.82, 2.24) is 19.2 Å². The quantitative estimate of drug-likeness (QED) is 0.733. The van der Waals surface area contributed by atoms with Crippen LogP contribution in [0.3, 0.4) is 0 Å². The molecule has 1 rings (SSSR count). The summed E-state index contributed by atoms with van der Waals surface area (Å²) >= 11 is 30.8. The lowest BCUT2D eigenvalue weighted by Crippen LogP contribution is -2.29. The van der Waals surface area contributed by atoms with Gasteiger partial charge in [-0.2, -0.15) is 0 Å². The molecule has 0 spiro atoms. The van der Waals surface area contributed by atoms with Crippen LogP contribution in [0.1, 0.15) is 5.82 Å². The molecule has 0 aliphatic carbocycles. The number of rotatable bonds is 1. The molecule has 0 saturated carbocycles. The van der Waals surface area contributed by atoms with E-state index in [0.29, 0.717) is 0 Å². The number of hydrogen-bond acceptors (Lipinski definition) is 3. The molecule has 74 valence electrons. The van der Waals surface area contributed by atoms with E-state index in [-0.39, 0.29) is 5.82 Å². The van der Waals surface area contributed by atoms with Gasteiger partial charge in [-0.25, -0.2) is 0 Å². The first kappa shape index (κ1) is 12.1. The van der Waals surface area contributed by atoms with E-state index >= 15 is 0 Å². The number of tetrazole rings is 1. The van der Waals surface area contributed by atoms with Crippen molar-refractivity contribution in [2.24, 2.45) is 0 Å². The average Bonchev–Trinajstić information content (AvgIpc) is 2.33. The Labute approximate surface area is 107 Å². The van der Waals surface area contributed by atoms with E-state index in [1.165, 1.54) is 0 Å². The van der Waals surface area contributed by atoms with Gasteiger partial charge in [0.05, 0.1) is 0 Å². The number of nitrogens with zero attached hydrogens (tertiary/aromatic N) is 4. The van der Waals surface area contributed by atoms with Crippen LogP contribution in [0.2, 0.25) is 0 Å². The Morgan fingerprint density at radius 1 is 1.15 bits per heavy atom. The number of alkyl halides is 5. The van der Waals surface area contributed by atoms with E-state index in [0.717, 1.165) is 3.82 Å². The van der Waals surface area contributed by atoms with Crippen LogP contribution < -0.4 is 0 Å². The van der Waals surface area contributed by atoms with Crippen LogP contribution in [0.5, 0.6) is 0 Å². The molecule has 1 heterocycles. The molecule has 1 aromatic heterocycles. The summed E-state index contributed by atoms with van der Waals surface area (Å²) in [7, 11) is 0. The molecule has 0 N–H and O–H groups in total. The standard InChI is InChI=1S/C3BrCl5N4/c4-13-11-1(10-12-13)2(5,6)3(7,8)9. The molecule has 0 aromatic carbocycles. The van der Waals surface area contributed by atoms with Gasteiger partial charge in [-0.3, -0.25) is 0 Å². The normalized spacial score (nSPS) is 13.4. The van der Waals surface area contributed by atoms with Gasteiger partial charge >= 0.3 is 0 Å². The van der Waals surface area contributed by atoms with Gasteiger partial charge in [-0.1, -0.05) is 61.8 Å². The lowest BCUT2D eigenvalue weighted by atomic mass is 10.4. The van der Waals surface area contributed by atoms with Crippen LogP contribution in [0.15, 0.2) is 0 Å². The SMILES string of the molecule is ClC(Cl)(Cl)C(Cl)(Cl)c1nnn(Br)n1. The average molecular weight is 349 g/mol. The minimum absolute atomic E-state index is 0.104. The van der Waals surface area contributed by atoms with Gasteiger partial charge in [0.25, 0.3) is 0 Å². The van der Waals surface area contributed by atoms with Crippen molar-refractivity contribution in [2.45, 2.75) is 8.13 Å². The zero-order chi connectivity index (χ0) is 10.3. The molecule has 0 fully saturated rings. The molecule has 0 atom stereocenters. The number of hydrogen-bond donors (Lipinski definition) is 0. The molecular weight excluding hydrogens is 349 g/mol. The first-order valence-corrected chi connectivity index (χ1v) is 5.26. The second-order valence-corrected chi connectivity index (χ2v) is 6.17. The Kier molecular flexibility index (Phi) is 3.59. The third-order valence-corrected chi connectivity index (χ3v) is 3.66. The largest absolute Gasteiger partial charge is 0.230 e. The predicted molar refractivity (Wildman–Crippen MR) is 55.8 cm³/mol. The third-order valence-electron chi connectivity index (χ3n) is 1.03. The fraction of sp³-hybridized carbons (Fsp3) is 0.667. The maximum atomic E-state index is 5.72. The molecule has 13 heavy (non-hydrogen) atoms. The molecule has 0 radical (unpaired) electrons. The first-order valence-electron chi connectivity index (χ1n) is 2.66. The van der Waals surface area contributed by atoms with Gasteiger partial charge < -0.3 is 0 Å². The minimum Gasteiger partial charge on any atom is -0.121 e. The van der Waals surface area contributed by atoms with E-state index in [4.69, 9.17) is 58.0 Å². The second-order valence-electron chi connectivity index (χ2n) is 1.93. The van der Waals surface area contributed by atoms with Crippen molar-refractivity contribution in [1.29, 1.82) is 0 Å². The number of halogens is 6. The minimum atomic E-state index is -1.94. The Morgan fingerprint density at radius 2 is 1.69 bits per heavy atom. The van der Waals surface area contributed by atoms with Gasteiger partial charge in [-0.05, 0) is 5.21 Å².